The lowest BCUT2D eigenvalue weighted by Crippen LogP contribution is -2.45. The molecule has 5 nitrogen and oxygen atoms in total. The average molecular weight is 460 g/mol. The summed E-state index contributed by atoms with van der Waals surface area (Å²) in [6.45, 7) is 6.40. The molecule has 1 aromatic rings. The number of likely N-dealkylation sites (tertiary alicyclic amines) is 1. The van der Waals surface area contributed by atoms with Crippen molar-refractivity contribution in [3.63, 3.8) is 0 Å². The van der Waals surface area contributed by atoms with E-state index >= 15 is 0 Å². The summed E-state index contributed by atoms with van der Waals surface area (Å²) in [7, 11) is 5.61. The number of halogens is 1. The number of nitrogens with zero attached hydrogens (tertiary/aromatic N) is 3. The Bertz CT molecular complexity index is 521. The lowest BCUT2D eigenvalue weighted by atomic mass is 10.0. The Hall–Kier alpha value is -1.02. The van der Waals surface area contributed by atoms with Crippen LogP contribution in [0.3, 0.4) is 0 Å². The molecule has 0 bridgehead atoms. The van der Waals surface area contributed by atoms with Crippen LogP contribution in [0.5, 0.6) is 5.75 Å². The van der Waals surface area contributed by atoms with Crippen molar-refractivity contribution in [2.24, 2.45) is 4.99 Å². The van der Waals surface area contributed by atoms with Gasteiger partial charge in [-0.05, 0) is 44.0 Å². The number of hydrogen-bond donors (Lipinski definition) is 1. The molecule has 1 heterocycles. The van der Waals surface area contributed by atoms with Gasteiger partial charge in [0, 0.05) is 39.8 Å². The number of hydrogen-bond acceptors (Lipinski definition) is 3. The van der Waals surface area contributed by atoms with Crippen LogP contribution in [0.15, 0.2) is 29.3 Å². The van der Waals surface area contributed by atoms with Gasteiger partial charge in [-0.25, -0.2) is 0 Å². The Morgan fingerprint density at radius 2 is 2.04 bits per heavy atom. The fourth-order valence-corrected chi connectivity index (χ4v) is 3.27. The van der Waals surface area contributed by atoms with Crippen molar-refractivity contribution in [1.29, 1.82) is 0 Å². The Morgan fingerprint density at radius 1 is 1.32 bits per heavy atom. The summed E-state index contributed by atoms with van der Waals surface area (Å²) in [6.07, 6.45) is 4.03. The van der Waals surface area contributed by atoms with Crippen molar-refractivity contribution in [1.82, 2.24) is 15.1 Å². The van der Waals surface area contributed by atoms with Gasteiger partial charge in [0.25, 0.3) is 0 Å². The van der Waals surface area contributed by atoms with Gasteiger partial charge in [-0.15, -0.1) is 24.0 Å². The number of methoxy groups -OCH3 is 1. The molecule has 0 aliphatic carbocycles. The second-order valence-corrected chi connectivity index (χ2v) is 6.56. The van der Waals surface area contributed by atoms with Crippen molar-refractivity contribution in [3.8, 4) is 5.75 Å². The highest BCUT2D eigenvalue weighted by Crippen LogP contribution is 2.15. The summed E-state index contributed by atoms with van der Waals surface area (Å²) in [5.74, 6) is 1.83. The molecule has 0 spiro atoms. The predicted octanol–water partition coefficient (Wildman–Crippen LogP) is 3.19. The molecule has 1 aliphatic heterocycles. The third kappa shape index (κ3) is 7.01. The lowest BCUT2D eigenvalue weighted by Gasteiger charge is -2.33. The Kier molecular flexibility index (Phi) is 10.2. The average Bonchev–Trinajstić information content (AvgIpc) is 2.60. The van der Waals surface area contributed by atoms with Crippen LogP contribution in [-0.2, 0) is 6.54 Å². The SMILES string of the molecule is CN=C(NCCN1CCCCC1C)N(C)Cc1ccc(OC)cc1.I. The van der Waals surface area contributed by atoms with Gasteiger partial charge in [0.15, 0.2) is 5.96 Å². The number of nitrogens with one attached hydrogen (secondary N) is 1. The second-order valence-electron chi connectivity index (χ2n) is 6.56. The zero-order valence-corrected chi connectivity index (χ0v) is 18.3. The van der Waals surface area contributed by atoms with Crippen LogP contribution in [0.1, 0.15) is 31.7 Å². The van der Waals surface area contributed by atoms with Crippen molar-refractivity contribution >= 4 is 29.9 Å². The molecule has 6 heteroatoms. The number of aliphatic imine (C=N–C) groups is 1. The van der Waals surface area contributed by atoms with E-state index in [1.54, 1.807) is 7.11 Å². The van der Waals surface area contributed by atoms with E-state index in [0.717, 1.165) is 31.3 Å². The van der Waals surface area contributed by atoms with E-state index in [1.807, 2.05) is 19.2 Å². The first-order chi connectivity index (χ1) is 11.6. The fraction of sp³-hybridized carbons (Fsp3) is 0.632. The third-order valence-corrected chi connectivity index (χ3v) is 4.77. The van der Waals surface area contributed by atoms with E-state index in [-0.39, 0.29) is 24.0 Å². The van der Waals surface area contributed by atoms with Gasteiger partial charge < -0.3 is 15.0 Å². The van der Waals surface area contributed by atoms with E-state index in [1.165, 1.54) is 31.4 Å². The van der Waals surface area contributed by atoms with Crippen LogP contribution >= 0.6 is 24.0 Å². The van der Waals surface area contributed by atoms with Crippen LogP contribution in [0, 0.1) is 0 Å². The summed E-state index contributed by atoms with van der Waals surface area (Å²) >= 11 is 0. The smallest absolute Gasteiger partial charge is 0.193 e. The van der Waals surface area contributed by atoms with Crippen LogP contribution in [0.2, 0.25) is 0 Å². The molecule has 0 aromatic heterocycles. The molecule has 2 rings (SSSR count). The Labute approximate surface area is 169 Å². The minimum Gasteiger partial charge on any atom is -0.497 e. The summed E-state index contributed by atoms with van der Waals surface area (Å²) in [5.41, 5.74) is 1.24. The van der Waals surface area contributed by atoms with Crippen LogP contribution in [-0.4, -0.2) is 62.6 Å². The molecular formula is C19H33IN4O. The molecule has 1 fully saturated rings. The first-order valence-electron chi connectivity index (χ1n) is 8.92. The highest BCUT2D eigenvalue weighted by molar-refractivity contribution is 14.0. The summed E-state index contributed by atoms with van der Waals surface area (Å²) in [5, 5.41) is 3.49. The van der Waals surface area contributed by atoms with Crippen LogP contribution < -0.4 is 10.1 Å². The monoisotopic (exact) mass is 460 g/mol. The maximum absolute atomic E-state index is 5.21. The van der Waals surface area contributed by atoms with E-state index in [0.29, 0.717) is 6.04 Å². The van der Waals surface area contributed by atoms with Crippen molar-refractivity contribution < 1.29 is 4.74 Å². The molecule has 1 unspecified atom stereocenters. The van der Waals surface area contributed by atoms with E-state index in [2.05, 4.69) is 46.2 Å². The maximum atomic E-state index is 5.21. The summed E-state index contributed by atoms with van der Waals surface area (Å²) in [6, 6.07) is 8.89. The third-order valence-electron chi connectivity index (χ3n) is 4.77. The minimum atomic E-state index is 0. The Morgan fingerprint density at radius 3 is 2.64 bits per heavy atom. The van der Waals surface area contributed by atoms with Gasteiger partial charge >= 0.3 is 0 Å². The normalized spacial score (nSPS) is 18.4. The lowest BCUT2D eigenvalue weighted by molar-refractivity contribution is 0.163. The standard InChI is InChI=1S/C19H32N4O.HI/c1-16-7-5-6-13-23(16)14-12-21-19(20-2)22(3)15-17-8-10-18(24-4)11-9-17;/h8-11,16H,5-7,12-15H2,1-4H3,(H,20,21);1H. The van der Waals surface area contributed by atoms with Crippen molar-refractivity contribution in [2.75, 3.05) is 40.8 Å². The van der Waals surface area contributed by atoms with Gasteiger partial charge in [0.05, 0.1) is 7.11 Å². The number of benzene rings is 1. The zero-order valence-electron chi connectivity index (χ0n) is 16.0. The molecule has 1 atom stereocenters. The van der Waals surface area contributed by atoms with E-state index < -0.39 is 0 Å². The molecule has 1 saturated heterocycles. The zero-order chi connectivity index (χ0) is 17.4. The molecule has 0 amide bonds. The summed E-state index contributed by atoms with van der Waals surface area (Å²) in [4.78, 5) is 9.14. The summed E-state index contributed by atoms with van der Waals surface area (Å²) < 4.78 is 5.21. The fourth-order valence-electron chi connectivity index (χ4n) is 3.27. The first-order valence-corrected chi connectivity index (χ1v) is 8.92. The van der Waals surface area contributed by atoms with Crippen molar-refractivity contribution in [2.45, 2.75) is 38.8 Å². The molecule has 1 N–H and O–H groups in total. The first kappa shape index (κ1) is 22.0. The van der Waals surface area contributed by atoms with E-state index in [4.69, 9.17) is 4.74 Å². The molecule has 142 valence electrons. The number of piperidine rings is 1. The predicted molar refractivity (Wildman–Crippen MR) is 116 cm³/mol. The largest absolute Gasteiger partial charge is 0.497 e. The second kappa shape index (κ2) is 11.6. The van der Waals surface area contributed by atoms with Gasteiger partial charge in [-0.2, -0.15) is 0 Å². The minimum absolute atomic E-state index is 0. The van der Waals surface area contributed by atoms with Crippen LogP contribution in [0.25, 0.3) is 0 Å². The van der Waals surface area contributed by atoms with Gasteiger partial charge in [0.1, 0.15) is 5.75 Å². The molecule has 0 saturated carbocycles. The van der Waals surface area contributed by atoms with Gasteiger partial charge in [0.2, 0.25) is 0 Å². The van der Waals surface area contributed by atoms with Gasteiger partial charge in [-0.1, -0.05) is 18.6 Å². The maximum Gasteiger partial charge on any atom is 0.193 e. The topological polar surface area (TPSA) is 40.1 Å². The van der Waals surface area contributed by atoms with Gasteiger partial charge in [-0.3, -0.25) is 9.89 Å². The number of rotatable bonds is 6. The van der Waals surface area contributed by atoms with Crippen molar-refractivity contribution in [3.05, 3.63) is 29.8 Å². The van der Waals surface area contributed by atoms with E-state index in [9.17, 15) is 0 Å². The Balaban J connectivity index is 0.00000312. The van der Waals surface area contributed by atoms with Crippen LogP contribution in [0.4, 0.5) is 0 Å². The molecule has 1 aliphatic rings. The molecule has 25 heavy (non-hydrogen) atoms. The number of guanidine groups is 1. The highest BCUT2D eigenvalue weighted by Gasteiger charge is 2.17. The molecule has 1 aromatic carbocycles. The molecular weight excluding hydrogens is 427 g/mol. The number of ether oxygens (including phenoxy) is 1. The highest BCUT2D eigenvalue weighted by atomic mass is 127. The quantitative estimate of drug-likeness (QED) is 0.402. The molecule has 0 radical (unpaired) electrons.